The predicted octanol–water partition coefficient (Wildman–Crippen LogP) is 2.81. The Kier molecular flexibility index (Phi) is 5.65. The fourth-order valence-electron chi connectivity index (χ4n) is 3.97. The molecule has 30 heavy (non-hydrogen) atoms. The van der Waals surface area contributed by atoms with Crippen LogP contribution in [0.3, 0.4) is 0 Å². The van der Waals surface area contributed by atoms with Crippen LogP contribution in [-0.4, -0.2) is 38.6 Å². The Morgan fingerprint density at radius 1 is 1.03 bits per heavy atom. The van der Waals surface area contributed by atoms with Crippen molar-refractivity contribution in [1.29, 1.82) is 0 Å². The van der Waals surface area contributed by atoms with Crippen LogP contribution in [0.5, 0.6) is 5.75 Å². The summed E-state index contributed by atoms with van der Waals surface area (Å²) in [6.45, 7) is 3.08. The lowest BCUT2D eigenvalue weighted by Crippen LogP contribution is -2.32. The second kappa shape index (κ2) is 8.53. The van der Waals surface area contributed by atoms with Crippen LogP contribution in [-0.2, 0) is 30.6 Å². The van der Waals surface area contributed by atoms with Crippen molar-refractivity contribution < 1.29 is 9.90 Å². The SMILES string of the molecule is CC(=O)N1CCc2nc(-c3ccccc3O)n(CCc3ccccc3)c(=O)c2CC1. The van der Waals surface area contributed by atoms with E-state index < -0.39 is 0 Å². The van der Waals surface area contributed by atoms with E-state index in [-0.39, 0.29) is 17.2 Å². The average molecular weight is 403 g/mol. The van der Waals surface area contributed by atoms with Gasteiger partial charge in [-0.25, -0.2) is 4.98 Å². The van der Waals surface area contributed by atoms with Crippen molar-refractivity contribution in [3.63, 3.8) is 0 Å². The minimum Gasteiger partial charge on any atom is -0.507 e. The topological polar surface area (TPSA) is 75.4 Å². The van der Waals surface area contributed by atoms with E-state index in [1.807, 2.05) is 36.4 Å². The number of para-hydroxylation sites is 1. The molecule has 1 amide bonds. The summed E-state index contributed by atoms with van der Waals surface area (Å²) in [5, 5.41) is 10.4. The van der Waals surface area contributed by atoms with Gasteiger partial charge in [0.15, 0.2) is 0 Å². The molecule has 4 rings (SSSR count). The molecule has 0 fully saturated rings. The van der Waals surface area contributed by atoms with Gasteiger partial charge in [0, 0.05) is 38.5 Å². The molecule has 0 spiro atoms. The van der Waals surface area contributed by atoms with Gasteiger partial charge in [0.2, 0.25) is 5.91 Å². The summed E-state index contributed by atoms with van der Waals surface area (Å²) in [4.78, 5) is 31.9. The van der Waals surface area contributed by atoms with Crippen LogP contribution in [0, 0.1) is 0 Å². The standard InChI is InChI=1S/C24H25N3O3/c1-17(28)26-14-12-19-21(13-15-26)25-23(20-9-5-6-10-22(20)29)27(24(19)30)16-11-18-7-3-2-4-8-18/h2-10,29H,11-16H2,1H3. The predicted molar refractivity (Wildman–Crippen MR) is 115 cm³/mol. The summed E-state index contributed by atoms with van der Waals surface area (Å²) in [6.07, 6.45) is 1.71. The Bertz CT molecular complexity index is 1120. The van der Waals surface area contributed by atoms with Crippen molar-refractivity contribution in [3.05, 3.63) is 81.8 Å². The van der Waals surface area contributed by atoms with E-state index in [0.717, 1.165) is 11.3 Å². The molecule has 1 aliphatic rings. The Balaban J connectivity index is 1.80. The van der Waals surface area contributed by atoms with Crippen LogP contribution in [0.4, 0.5) is 0 Å². The van der Waals surface area contributed by atoms with Gasteiger partial charge < -0.3 is 10.0 Å². The van der Waals surface area contributed by atoms with Gasteiger partial charge in [-0.2, -0.15) is 0 Å². The number of aryl methyl sites for hydroxylation is 1. The van der Waals surface area contributed by atoms with Crippen LogP contribution >= 0.6 is 0 Å². The van der Waals surface area contributed by atoms with E-state index in [1.165, 1.54) is 0 Å². The first kappa shape index (κ1) is 19.9. The van der Waals surface area contributed by atoms with Gasteiger partial charge in [-0.05, 0) is 30.5 Å². The summed E-state index contributed by atoms with van der Waals surface area (Å²) in [6, 6.07) is 17.0. The van der Waals surface area contributed by atoms with Gasteiger partial charge in [0.25, 0.3) is 5.56 Å². The maximum Gasteiger partial charge on any atom is 0.257 e. The molecule has 0 atom stereocenters. The number of amides is 1. The minimum absolute atomic E-state index is 0.00753. The van der Waals surface area contributed by atoms with Gasteiger partial charge in [0.1, 0.15) is 11.6 Å². The second-order valence-electron chi connectivity index (χ2n) is 7.58. The van der Waals surface area contributed by atoms with E-state index in [0.29, 0.717) is 55.8 Å². The lowest BCUT2D eigenvalue weighted by molar-refractivity contribution is -0.128. The van der Waals surface area contributed by atoms with Crippen LogP contribution in [0.25, 0.3) is 11.4 Å². The molecule has 1 aromatic heterocycles. The quantitative estimate of drug-likeness (QED) is 0.727. The molecular formula is C24H25N3O3. The minimum atomic E-state index is -0.0837. The van der Waals surface area contributed by atoms with Crippen molar-refractivity contribution >= 4 is 5.91 Å². The number of aromatic hydroxyl groups is 1. The molecular weight excluding hydrogens is 378 g/mol. The molecule has 0 unspecified atom stereocenters. The second-order valence-corrected chi connectivity index (χ2v) is 7.58. The smallest absolute Gasteiger partial charge is 0.257 e. The number of rotatable bonds is 4. The first-order valence-corrected chi connectivity index (χ1v) is 10.2. The zero-order valence-electron chi connectivity index (χ0n) is 17.0. The summed E-state index contributed by atoms with van der Waals surface area (Å²) >= 11 is 0. The van der Waals surface area contributed by atoms with Crippen LogP contribution in [0.2, 0.25) is 0 Å². The third-order valence-electron chi connectivity index (χ3n) is 5.66. The number of carbonyl (C=O) groups is 1. The monoisotopic (exact) mass is 403 g/mol. The highest BCUT2D eigenvalue weighted by Gasteiger charge is 2.23. The Labute approximate surface area is 175 Å². The summed E-state index contributed by atoms with van der Waals surface area (Å²) < 4.78 is 1.67. The van der Waals surface area contributed by atoms with Crippen LogP contribution < -0.4 is 5.56 Å². The molecule has 0 radical (unpaired) electrons. The molecule has 0 saturated carbocycles. The first-order valence-electron chi connectivity index (χ1n) is 10.2. The van der Waals surface area contributed by atoms with Crippen molar-refractivity contribution in [1.82, 2.24) is 14.5 Å². The maximum atomic E-state index is 13.5. The van der Waals surface area contributed by atoms with E-state index in [4.69, 9.17) is 4.98 Å². The van der Waals surface area contributed by atoms with E-state index >= 15 is 0 Å². The first-order chi connectivity index (χ1) is 14.5. The van der Waals surface area contributed by atoms with Crippen molar-refractivity contribution in [2.24, 2.45) is 0 Å². The normalized spacial score (nSPS) is 13.6. The lowest BCUT2D eigenvalue weighted by Gasteiger charge is -2.17. The highest BCUT2D eigenvalue weighted by molar-refractivity contribution is 5.73. The Morgan fingerprint density at radius 3 is 2.47 bits per heavy atom. The number of benzene rings is 2. The molecule has 154 valence electrons. The van der Waals surface area contributed by atoms with E-state index in [2.05, 4.69) is 0 Å². The van der Waals surface area contributed by atoms with Crippen LogP contribution in [0.1, 0.15) is 23.7 Å². The molecule has 0 aliphatic carbocycles. The third kappa shape index (κ3) is 3.99. The van der Waals surface area contributed by atoms with Gasteiger partial charge in [0.05, 0.1) is 11.3 Å². The number of hydrogen-bond donors (Lipinski definition) is 1. The molecule has 1 N–H and O–H groups in total. The number of carbonyl (C=O) groups excluding carboxylic acids is 1. The summed E-state index contributed by atoms with van der Waals surface area (Å²) in [5.41, 5.74) is 2.98. The molecule has 1 aliphatic heterocycles. The highest BCUT2D eigenvalue weighted by Crippen LogP contribution is 2.28. The molecule has 3 aromatic rings. The van der Waals surface area contributed by atoms with Gasteiger partial charge in [-0.1, -0.05) is 42.5 Å². The number of phenolic OH excluding ortho intramolecular Hbond substituents is 1. The van der Waals surface area contributed by atoms with Crippen molar-refractivity contribution in [2.45, 2.75) is 32.7 Å². The third-order valence-corrected chi connectivity index (χ3v) is 5.66. The highest BCUT2D eigenvalue weighted by atomic mass is 16.3. The fourth-order valence-corrected chi connectivity index (χ4v) is 3.97. The molecule has 0 bridgehead atoms. The Hall–Kier alpha value is -3.41. The van der Waals surface area contributed by atoms with Crippen molar-refractivity contribution in [2.75, 3.05) is 13.1 Å². The number of aromatic nitrogens is 2. The molecule has 6 heteroatoms. The number of phenols is 1. The lowest BCUT2D eigenvalue weighted by atomic mass is 10.1. The maximum absolute atomic E-state index is 13.5. The largest absolute Gasteiger partial charge is 0.507 e. The van der Waals surface area contributed by atoms with Gasteiger partial charge in [-0.3, -0.25) is 14.2 Å². The van der Waals surface area contributed by atoms with E-state index in [1.54, 1.807) is 34.6 Å². The number of hydrogen-bond acceptors (Lipinski definition) is 4. The average Bonchev–Trinajstić information content (AvgIpc) is 2.97. The zero-order chi connectivity index (χ0) is 21.1. The zero-order valence-corrected chi connectivity index (χ0v) is 17.0. The number of fused-ring (bicyclic) bond motifs is 1. The van der Waals surface area contributed by atoms with Crippen molar-refractivity contribution in [3.8, 4) is 17.1 Å². The molecule has 2 aromatic carbocycles. The van der Waals surface area contributed by atoms with Gasteiger partial charge in [-0.15, -0.1) is 0 Å². The summed E-state index contributed by atoms with van der Waals surface area (Å²) in [5.74, 6) is 0.578. The van der Waals surface area contributed by atoms with Crippen LogP contribution in [0.15, 0.2) is 59.4 Å². The number of nitrogens with zero attached hydrogens (tertiary/aromatic N) is 3. The fraction of sp³-hybridized carbons (Fsp3) is 0.292. The molecule has 6 nitrogen and oxygen atoms in total. The molecule has 2 heterocycles. The summed E-state index contributed by atoms with van der Waals surface area (Å²) in [7, 11) is 0. The Morgan fingerprint density at radius 2 is 1.73 bits per heavy atom. The van der Waals surface area contributed by atoms with E-state index in [9.17, 15) is 14.7 Å². The van der Waals surface area contributed by atoms with Gasteiger partial charge >= 0.3 is 0 Å². The molecule has 0 saturated heterocycles.